The maximum Gasteiger partial charge on any atom is 0.300 e. The highest BCUT2D eigenvalue weighted by Gasteiger charge is 2.20. The van der Waals surface area contributed by atoms with Crippen LogP contribution in [0.3, 0.4) is 0 Å². The lowest BCUT2D eigenvalue weighted by atomic mass is 10.2. The number of carbonyl (C=O) groups excluding carboxylic acids is 1. The van der Waals surface area contributed by atoms with Gasteiger partial charge in [-0.1, -0.05) is 5.21 Å². The molecule has 0 aromatic carbocycles. The van der Waals surface area contributed by atoms with Crippen molar-refractivity contribution < 1.29 is 9.72 Å². The Hall–Kier alpha value is -3.04. The van der Waals surface area contributed by atoms with Gasteiger partial charge >= 0.3 is 0 Å². The Morgan fingerprint density at radius 2 is 2.33 bits per heavy atom. The van der Waals surface area contributed by atoms with E-state index in [1.165, 1.54) is 6.07 Å². The number of aryl methyl sites for hydroxylation is 1. The van der Waals surface area contributed by atoms with Crippen molar-refractivity contribution in [3.05, 3.63) is 40.3 Å². The molecular weight excluding hydrogens is 278 g/mol. The quantitative estimate of drug-likeness (QED) is 0.432. The van der Waals surface area contributed by atoms with Crippen LogP contribution in [0.4, 0.5) is 11.5 Å². The van der Waals surface area contributed by atoms with E-state index in [1.54, 1.807) is 17.1 Å². The zero-order valence-corrected chi connectivity index (χ0v) is 11.0. The molecule has 0 unspecified atom stereocenters. The van der Waals surface area contributed by atoms with Gasteiger partial charge in [0.1, 0.15) is 17.6 Å². The summed E-state index contributed by atoms with van der Waals surface area (Å²) in [6.07, 6.45) is 4.85. The third-order valence-corrected chi connectivity index (χ3v) is 2.67. The molecule has 0 aliphatic rings. The molecule has 0 atom stereocenters. The van der Waals surface area contributed by atoms with Gasteiger partial charge in [-0.15, -0.1) is 5.10 Å². The fourth-order valence-corrected chi connectivity index (χ4v) is 1.68. The number of hydrogen-bond acceptors (Lipinski definition) is 7. The van der Waals surface area contributed by atoms with E-state index in [0.717, 1.165) is 6.20 Å². The lowest BCUT2D eigenvalue weighted by molar-refractivity contribution is -0.385. The topological polar surface area (TPSA) is 142 Å². The van der Waals surface area contributed by atoms with Gasteiger partial charge in [0.2, 0.25) is 0 Å². The van der Waals surface area contributed by atoms with E-state index in [2.05, 4.69) is 20.6 Å². The van der Waals surface area contributed by atoms with Gasteiger partial charge < -0.3 is 11.1 Å². The summed E-state index contributed by atoms with van der Waals surface area (Å²) in [5, 5.41) is 20.9. The van der Waals surface area contributed by atoms with Crippen molar-refractivity contribution >= 4 is 17.4 Å². The Morgan fingerprint density at radius 3 is 3.00 bits per heavy atom. The minimum Gasteiger partial charge on any atom is -0.384 e. The number of carbonyl (C=O) groups is 1. The maximum absolute atomic E-state index is 11.9. The molecule has 0 saturated heterocycles. The number of nitrogens with one attached hydrogen (secondary N) is 1. The molecule has 2 rings (SSSR count). The minimum atomic E-state index is -0.670. The standard InChI is InChI=1S/C11H13N7O3/c12-10-6-8(9(7-14-10)18(20)21)11(19)13-2-1-4-17-5-3-15-16-17/h3,5-7H,1-2,4H2,(H2,12,14)(H,13,19). The van der Waals surface area contributed by atoms with Gasteiger partial charge in [-0.2, -0.15) is 0 Å². The molecule has 0 aliphatic heterocycles. The molecule has 10 nitrogen and oxygen atoms in total. The summed E-state index contributed by atoms with van der Waals surface area (Å²) >= 11 is 0. The highest BCUT2D eigenvalue weighted by atomic mass is 16.6. The maximum atomic E-state index is 11.9. The Bertz CT molecular complexity index is 641. The van der Waals surface area contributed by atoms with Crippen LogP contribution in [0.1, 0.15) is 16.8 Å². The third kappa shape index (κ3) is 3.72. The van der Waals surface area contributed by atoms with Crippen LogP contribution in [0.25, 0.3) is 0 Å². The molecule has 21 heavy (non-hydrogen) atoms. The SMILES string of the molecule is Nc1cc(C(=O)NCCCn2ccnn2)c([N+](=O)[O-])cn1. The molecule has 2 aromatic rings. The number of pyridine rings is 1. The van der Waals surface area contributed by atoms with Crippen molar-refractivity contribution in [3.8, 4) is 0 Å². The molecule has 2 heterocycles. The van der Waals surface area contributed by atoms with E-state index in [-0.39, 0.29) is 17.1 Å². The van der Waals surface area contributed by atoms with E-state index in [9.17, 15) is 14.9 Å². The summed E-state index contributed by atoms with van der Waals surface area (Å²) in [5.74, 6) is -0.511. The van der Waals surface area contributed by atoms with Crippen molar-refractivity contribution in [2.75, 3.05) is 12.3 Å². The van der Waals surface area contributed by atoms with Crippen molar-refractivity contribution in [1.82, 2.24) is 25.3 Å². The minimum absolute atomic E-state index is 0.0494. The number of anilines is 1. The number of rotatable bonds is 6. The van der Waals surface area contributed by atoms with Gasteiger partial charge in [-0.3, -0.25) is 19.6 Å². The van der Waals surface area contributed by atoms with Gasteiger partial charge in [0, 0.05) is 19.3 Å². The van der Waals surface area contributed by atoms with Gasteiger partial charge in [-0.25, -0.2) is 4.98 Å². The van der Waals surface area contributed by atoms with Crippen LogP contribution in [0.5, 0.6) is 0 Å². The first-order chi connectivity index (χ1) is 10.1. The fourth-order valence-electron chi connectivity index (χ4n) is 1.68. The van der Waals surface area contributed by atoms with E-state index in [4.69, 9.17) is 5.73 Å². The number of amides is 1. The van der Waals surface area contributed by atoms with Crippen LogP contribution in [0.15, 0.2) is 24.7 Å². The molecule has 0 radical (unpaired) electrons. The zero-order chi connectivity index (χ0) is 15.2. The average molecular weight is 291 g/mol. The first-order valence-electron chi connectivity index (χ1n) is 6.10. The summed E-state index contributed by atoms with van der Waals surface area (Å²) in [6.45, 7) is 0.929. The second-order valence-electron chi connectivity index (χ2n) is 4.16. The van der Waals surface area contributed by atoms with E-state index in [1.807, 2.05) is 0 Å². The highest BCUT2D eigenvalue weighted by Crippen LogP contribution is 2.18. The van der Waals surface area contributed by atoms with Crippen LogP contribution in [-0.4, -0.2) is 37.4 Å². The molecule has 0 bridgehead atoms. The van der Waals surface area contributed by atoms with E-state index >= 15 is 0 Å². The Labute approximate surface area is 119 Å². The predicted molar refractivity (Wildman–Crippen MR) is 72.3 cm³/mol. The van der Waals surface area contributed by atoms with Crippen LogP contribution < -0.4 is 11.1 Å². The molecule has 0 spiro atoms. The Morgan fingerprint density at radius 1 is 1.52 bits per heavy atom. The monoisotopic (exact) mass is 291 g/mol. The average Bonchev–Trinajstić information content (AvgIpc) is 2.96. The van der Waals surface area contributed by atoms with Crippen molar-refractivity contribution in [2.24, 2.45) is 0 Å². The number of nitro groups is 1. The molecule has 2 aromatic heterocycles. The van der Waals surface area contributed by atoms with Crippen molar-refractivity contribution in [2.45, 2.75) is 13.0 Å². The Kier molecular flexibility index (Phi) is 4.39. The highest BCUT2D eigenvalue weighted by molar-refractivity contribution is 5.98. The molecule has 0 saturated carbocycles. The first-order valence-corrected chi connectivity index (χ1v) is 6.10. The Balaban J connectivity index is 1.93. The lowest BCUT2D eigenvalue weighted by Crippen LogP contribution is -2.26. The molecule has 0 aliphatic carbocycles. The van der Waals surface area contributed by atoms with Crippen molar-refractivity contribution in [3.63, 3.8) is 0 Å². The van der Waals surface area contributed by atoms with Gasteiger partial charge in [0.05, 0.1) is 11.1 Å². The summed E-state index contributed by atoms with van der Waals surface area (Å²) < 4.78 is 1.62. The van der Waals surface area contributed by atoms with Gasteiger partial charge in [0.25, 0.3) is 11.6 Å². The number of nitrogen functional groups attached to an aromatic ring is 1. The first kappa shape index (κ1) is 14.4. The van der Waals surface area contributed by atoms with Gasteiger partial charge in [-0.05, 0) is 12.5 Å². The molecule has 110 valence electrons. The van der Waals surface area contributed by atoms with Crippen LogP contribution >= 0.6 is 0 Å². The van der Waals surface area contributed by atoms with Crippen LogP contribution in [0, 0.1) is 10.1 Å². The third-order valence-electron chi connectivity index (χ3n) is 2.67. The number of nitrogens with two attached hydrogens (primary N) is 1. The number of aromatic nitrogens is 4. The van der Waals surface area contributed by atoms with Crippen LogP contribution in [0.2, 0.25) is 0 Å². The summed E-state index contributed by atoms with van der Waals surface area (Å²) in [6, 6.07) is 1.19. The van der Waals surface area contributed by atoms with E-state index < -0.39 is 10.8 Å². The van der Waals surface area contributed by atoms with Crippen LogP contribution in [-0.2, 0) is 6.54 Å². The molecular formula is C11H13N7O3. The summed E-state index contributed by atoms with van der Waals surface area (Å²) in [7, 11) is 0. The zero-order valence-electron chi connectivity index (χ0n) is 11.0. The summed E-state index contributed by atoms with van der Waals surface area (Å²) in [4.78, 5) is 25.7. The summed E-state index contributed by atoms with van der Waals surface area (Å²) in [5.41, 5.74) is 4.97. The molecule has 1 amide bonds. The molecule has 0 fully saturated rings. The lowest BCUT2D eigenvalue weighted by Gasteiger charge is -2.06. The normalized spacial score (nSPS) is 10.3. The second-order valence-corrected chi connectivity index (χ2v) is 4.16. The fraction of sp³-hybridized carbons (Fsp3) is 0.273. The predicted octanol–water partition coefficient (Wildman–Crippen LogP) is -0.0164. The largest absolute Gasteiger partial charge is 0.384 e. The second kappa shape index (κ2) is 6.41. The number of nitrogens with zero attached hydrogens (tertiary/aromatic N) is 5. The van der Waals surface area contributed by atoms with Gasteiger partial charge in [0.15, 0.2) is 0 Å². The van der Waals surface area contributed by atoms with Crippen molar-refractivity contribution in [1.29, 1.82) is 0 Å². The van der Waals surface area contributed by atoms with E-state index in [0.29, 0.717) is 19.5 Å². The smallest absolute Gasteiger partial charge is 0.300 e. The molecule has 10 heteroatoms. The number of hydrogen-bond donors (Lipinski definition) is 2. The molecule has 3 N–H and O–H groups in total.